The third-order valence-corrected chi connectivity index (χ3v) is 3.41. The van der Waals surface area contributed by atoms with E-state index in [1.165, 1.54) is 38.9 Å². The smallest absolute Gasteiger partial charge is 0.184 e. The van der Waals surface area contributed by atoms with E-state index in [1.807, 2.05) is 0 Å². The van der Waals surface area contributed by atoms with Crippen molar-refractivity contribution in [3.8, 4) is 0 Å². The third-order valence-electron chi connectivity index (χ3n) is 3.32. The second-order valence-electron chi connectivity index (χ2n) is 4.44. The van der Waals surface area contributed by atoms with E-state index in [9.17, 15) is 4.79 Å². The number of quaternary nitrogens is 1. The lowest BCUT2D eigenvalue weighted by atomic mass is 9.98. The first-order valence-corrected chi connectivity index (χ1v) is 7.25. The zero-order chi connectivity index (χ0) is 13.1. The first-order valence-electron chi connectivity index (χ1n) is 6.85. The Morgan fingerprint density at radius 1 is 1.12 bits per heavy atom. The van der Waals surface area contributed by atoms with Crippen LogP contribution in [0.4, 0.5) is 4.79 Å². The summed E-state index contributed by atoms with van der Waals surface area (Å²) < 4.78 is 4.87. The van der Waals surface area contributed by atoms with Crippen LogP contribution in [0.25, 0.3) is 0 Å². The average molecular weight is 261 g/mol. The van der Waals surface area contributed by atoms with E-state index in [0.717, 1.165) is 12.8 Å². The van der Waals surface area contributed by atoms with Gasteiger partial charge in [-0.05, 0) is 46.5 Å². The standard InChI is InChI=1S/C7H12O2S.C6H15N/c8-7(10)9-6-4-2-1-3-5-6;1-4-7(5-2)6-3/h6H,1-5H2,(H,8,10);4-6H2,1-3H3. The first kappa shape index (κ1) is 16.6. The maximum atomic E-state index is 10.3. The van der Waals surface area contributed by atoms with Crippen molar-refractivity contribution >= 4 is 17.9 Å². The maximum Gasteiger partial charge on any atom is 0.184 e. The highest BCUT2D eigenvalue weighted by Crippen LogP contribution is 2.20. The SMILES string of the molecule is CC[NH+](CC)CC.O=C([S-])OC1CCCCC1. The Labute approximate surface area is 111 Å². The molecule has 0 aliphatic heterocycles. The van der Waals surface area contributed by atoms with Crippen molar-refractivity contribution in [1.29, 1.82) is 0 Å². The minimum atomic E-state index is -0.549. The summed E-state index contributed by atoms with van der Waals surface area (Å²) in [6.07, 6.45) is 5.75. The molecular weight excluding hydrogens is 234 g/mol. The lowest BCUT2D eigenvalue weighted by Gasteiger charge is -2.23. The van der Waals surface area contributed by atoms with Crippen LogP contribution >= 0.6 is 0 Å². The molecular formula is C13H27NO2S. The molecule has 0 aromatic heterocycles. The molecule has 1 N–H and O–H groups in total. The van der Waals surface area contributed by atoms with E-state index < -0.39 is 5.30 Å². The summed E-state index contributed by atoms with van der Waals surface area (Å²) in [6.45, 7) is 10.5. The van der Waals surface area contributed by atoms with E-state index in [-0.39, 0.29) is 6.10 Å². The molecule has 0 aromatic carbocycles. The van der Waals surface area contributed by atoms with Crippen LogP contribution in [0, 0.1) is 0 Å². The normalized spacial score (nSPS) is 16.2. The van der Waals surface area contributed by atoms with Crippen LogP contribution in [0.5, 0.6) is 0 Å². The first-order chi connectivity index (χ1) is 8.13. The zero-order valence-electron chi connectivity index (χ0n) is 11.5. The predicted molar refractivity (Wildman–Crippen MR) is 73.3 cm³/mol. The lowest BCUT2D eigenvalue weighted by Crippen LogP contribution is -3.11. The van der Waals surface area contributed by atoms with Crippen molar-refractivity contribution in [3.63, 3.8) is 0 Å². The fourth-order valence-electron chi connectivity index (χ4n) is 2.07. The zero-order valence-corrected chi connectivity index (χ0v) is 12.3. The van der Waals surface area contributed by atoms with Gasteiger partial charge in [0.15, 0.2) is 5.30 Å². The molecule has 1 fully saturated rings. The van der Waals surface area contributed by atoms with E-state index >= 15 is 0 Å². The Bertz CT molecular complexity index is 184. The quantitative estimate of drug-likeness (QED) is 0.620. The van der Waals surface area contributed by atoms with Crippen molar-refractivity contribution in [2.45, 2.75) is 59.0 Å². The molecule has 1 aliphatic rings. The number of ether oxygens (including phenoxy) is 1. The van der Waals surface area contributed by atoms with Crippen LogP contribution in [-0.2, 0) is 17.4 Å². The highest BCUT2D eigenvalue weighted by molar-refractivity contribution is 7.76. The molecule has 4 heteroatoms. The molecule has 0 amide bonds. The number of nitrogens with one attached hydrogen (secondary N) is 1. The molecule has 0 atom stereocenters. The second kappa shape index (κ2) is 10.8. The van der Waals surface area contributed by atoms with Gasteiger partial charge < -0.3 is 22.3 Å². The summed E-state index contributed by atoms with van der Waals surface area (Å²) in [5, 5.41) is -0.549. The summed E-state index contributed by atoms with van der Waals surface area (Å²) in [6, 6.07) is 0. The number of hydrogen-bond acceptors (Lipinski definition) is 3. The number of hydrogen-bond donors (Lipinski definition) is 1. The molecule has 1 rings (SSSR count). The minimum absolute atomic E-state index is 0.124. The monoisotopic (exact) mass is 261 g/mol. The van der Waals surface area contributed by atoms with Crippen LogP contribution < -0.4 is 4.90 Å². The van der Waals surface area contributed by atoms with Crippen molar-refractivity contribution in [2.24, 2.45) is 0 Å². The van der Waals surface area contributed by atoms with Crippen molar-refractivity contribution in [2.75, 3.05) is 19.6 Å². The average Bonchev–Trinajstić information content (AvgIpc) is 2.32. The molecule has 0 aromatic rings. The Kier molecular flexibility index (Phi) is 10.6. The molecule has 1 aliphatic carbocycles. The van der Waals surface area contributed by atoms with Crippen molar-refractivity contribution in [3.05, 3.63) is 0 Å². The van der Waals surface area contributed by atoms with E-state index in [0.29, 0.717) is 0 Å². The van der Waals surface area contributed by atoms with Gasteiger partial charge in [-0.1, -0.05) is 6.42 Å². The van der Waals surface area contributed by atoms with Gasteiger partial charge in [0.05, 0.1) is 25.7 Å². The van der Waals surface area contributed by atoms with E-state index in [1.54, 1.807) is 4.90 Å². The Morgan fingerprint density at radius 3 is 1.88 bits per heavy atom. The summed E-state index contributed by atoms with van der Waals surface area (Å²) in [5.41, 5.74) is 0. The van der Waals surface area contributed by atoms with Crippen LogP contribution in [-0.4, -0.2) is 31.0 Å². The highest BCUT2D eigenvalue weighted by Gasteiger charge is 2.13. The molecule has 102 valence electrons. The Morgan fingerprint density at radius 2 is 1.59 bits per heavy atom. The van der Waals surface area contributed by atoms with Gasteiger partial charge in [-0.2, -0.15) is 0 Å². The van der Waals surface area contributed by atoms with Gasteiger partial charge in [-0.15, -0.1) is 0 Å². The van der Waals surface area contributed by atoms with Gasteiger partial charge in [-0.25, -0.2) is 0 Å². The Balaban J connectivity index is 0.000000325. The van der Waals surface area contributed by atoms with Crippen LogP contribution in [0.3, 0.4) is 0 Å². The summed E-state index contributed by atoms with van der Waals surface area (Å²) in [7, 11) is 0. The maximum absolute atomic E-state index is 10.3. The molecule has 0 unspecified atom stereocenters. The topological polar surface area (TPSA) is 30.7 Å². The largest absolute Gasteiger partial charge is 0.698 e. The molecule has 0 radical (unpaired) electrons. The predicted octanol–water partition coefficient (Wildman–Crippen LogP) is 1.93. The van der Waals surface area contributed by atoms with Gasteiger partial charge in [-0.3, -0.25) is 4.79 Å². The fraction of sp³-hybridized carbons (Fsp3) is 0.923. The highest BCUT2D eigenvalue weighted by atomic mass is 32.1. The van der Waals surface area contributed by atoms with Crippen LogP contribution in [0.15, 0.2) is 0 Å². The van der Waals surface area contributed by atoms with Gasteiger partial charge in [0, 0.05) is 0 Å². The third kappa shape index (κ3) is 9.36. The van der Waals surface area contributed by atoms with Gasteiger partial charge in [0.25, 0.3) is 0 Å². The van der Waals surface area contributed by atoms with E-state index in [2.05, 4.69) is 33.4 Å². The summed E-state index contributed by atoms with van der Waals surface area (Å²) in [4.78, 5) is 12.0. The van der Waals surface area contributed by atoms with Crippen LogP contribution in [0.2, 0.25) is 0 Å². The molecule has 1 saturated carbocycles. The lowest BCUT2D eigenvalue weighted by molar-refractivity contribution is -0.894. The summed E-state index contributed by atoms with van der Waals surface area (Å²) in [5.74, 6) is 0. The molecule has 0 bridgehead atoms. The molecule has 3 nitrogen and oxygen atoms in total. The van der Waals surface area contributed by atoms with E-state index in [4.69, 9.17) is 4.74 Å². The number of rotatable bonds is 4. The van der Waals surface area contributed by atoms with Crippen molar-refractivity contribution < 1.29 is 14.4 Å². The number of carbonyl (C=O) groups is 1. The minimum Gasteiger partial charge on any atom is -0.698 e. The van der Waals surface area contributed by atoms with Gasteiger partial charge in [0.1, 0.15) is 0 Å². The second-order valence-corrected chi connectivity index (χ2v) is 4.77. The Hall–Kier alpha value is -0.350. The fourth-order valence-corrected chi connectivity index (χ4v) is 2.21. The van der Waals surface area contributed by atoms with Crippen molar-refractivity contribution in [1.82, 2.24) is 0 Å². The van der Waals surface area contributed by atoms with Gasteiger partial charge >= 0.3 is 0 Å². The summed E-state index contributed by atoms with van der Waals surface area (Å²) >= 11 is 4.30. The molecule has 0 heterocycles. The van der Waals surface area contributed by atoms with Crippen LogP contribution in [0.1, 0.15) is 52.9 Å². The van der Waals surface area contributed by atoms with Gasteiger partial charge in [0.2, 0.25) is 0 Å². The molecule has 17 heavy (non-hydrogen) atoms. The molecule has 0 saturated heterocycles. The number of carbonyl (C=O) groups excluding carboxylic acids is 1. The molecule has 0 spiro atoms.